The third kappa shape index (κ3) is 4.63. The number of aromatic nitrogens is 2. The molecule has 0 fully saturated rings. The van der Waals surface area contributed by atoms with Crippen molar-refractivity contribution in [3.63, 3.8) is 0 Å². The summed E-state index contributed by atoms with van der Waals surface area (Å²) in [5.74, 6) is 0.293. The molecule has 0 bridgehead atoms. The Labute approximate surface area is 174 Å². The second-order valence-electron chi connectivity index (χ2n) is 6.56. The molecule has 3 rings (SSSR count). The summed E-state index contributed by atoms with van der Waals surface area (Å²) in [4.78, 5) is 22.3. The minimum Gasteiger partial charge on any atom is -0.449 e. The van der Waals surface area contributed by atoms with E-state index in [-0.39, 0.29) is 12.6 Å². The predicted molar refractivity (Wildman–Crippen MR) is 106 cm³/mol. The van der Waals surface area contributed by atoms with E-state index in [2.05, 4.69) is 31.2 Å². The summed E-state index contributed by atoms with van der Waals surface area (Å²) in [6.45, 7) is 3.78. The first-order valence-corrected chi connectivity index (χ1v) is 9.95. The van der Waals surface area contributed by atoms with Crippen molar-refractivity contribution >= 4 is 33.7 Å². The van der Waals surface area contributed by atoms with Gasteiger partial charge in [0.25, 0.3) is 0 Å². The van der Waals surface area contributed by atoms with Crippen LogP contribution in [0.15, 0.2) is 35.1 Å². The highest BCUT2D eigenvalue weighted by Gasteiger charge is 2.39. The Bertz CT molecular complexity index is 877. The summed E-state index contributed by atoms with van der Waals surface area (Å²) < 4.78 is 45.8. The van der Waals surface area contributed by atoms with E-state index in [1.807, 2.05) is 6.92 Å². The maximum Gasteiger partial charge on any atom is 0.416 e. The van der Waals surface area contributed by atoms with Crippen molar-refractivity contribution in [2.45, 2.75) is 44.9 Å². The number of fused-ring (bicyclic) bond motifs is 1. The van der Waals surface area contributed by atoms with Crippen LogP contribution in [0.2, 0.25) is 0 Å². The number of anilines is 2. The van der Waals surface area contributed by atoms with Gasteiger partial charge in [0.05, 0.1) is 28.4 Å². The molecular weight excluding hydrogens is 453 g/mol. The maximum absolute atomic E-state index is 13.3. The quantitative estimate of drug-likeness (QED) is 0.630. The number of nitrogens with zero attached hydrogens (tertiary/aromatic N) is 3. The summed E-state index contributed by atoms with van der Waals surface area (Å²) in [5.41, 5.74) is -0.0354. The number of ether oxygens (including phenoxy) is 1. The zero-order valence-corrected chi connectivity index (χ0v) is 17.4. The van der Waals surface area contributed by atoms with Gasteiger partial charge in [-0.3, -0.25) is 4.90 Å². The van der Waals surface area contributed by atoms with Gasteiger partial charge in [-0.25, -0.2) is 14.8 Å². The normalized spacial score (nSPS) is 18.9. The first-order chi connectivity index (χ1) is 13.7. The monoisotopic (exact) mass is 472 g/mol. The Morgan fingerprint density at radius 1 is 1.31 bits per heavy atom. The fraction of sp³-hybridized carbons (Fsp3) is 0.421. The number of rotatable bonds is 4. The van der Waals surface area contributed by atoms with Gasteiger partial charge in [0.1, 0.15) is 0 Å². The van der Waals surface area contributed by atoms with E-state index in [0.29, 0.717) is 34.5 Å². The number of hydrogen-bond acceptors (Lipinski definition) is 5. The van der Waals surface area contributed by atoms with Crippen LogP contribution in [0.1, 0.15) is 43.9 Å². The number of carbonyl (C=O) groups excluding carboxylic acids is 1. The van der Waals surface area contributed by atoms with Crippen LogP contribution in [0.3, 0.4) is 0 Å². The molecule has 1 aromatic carbocycles. The Morgan fingerprint density at radius 2 is 2.00 bits per heavy atom. The number of halogens is 4. The topological polar surface area (TPSA) is 67.3 Å². The van der Waals surface area contributed by atoms with Crippen LogP contribution in [-0.4, -0.2) is 28.7 Å². The molecule has 0 radical (unpaired) electrons. The third-order valence-corrected chi connectivity index (χ3v) is 5.13. The Morgan fingerprint density at radius 3 is 2.59 bits per heavy atom. The fourth-order valence-corrected chi connectivity index (χ4v) is 3.60. The summed E-state index contributed by atoms with van der Waals surface area (Å²) in [6, 6.07) is 2.64. The molecule has 0 saturated heterocycles. The number of alkyl halides is 3. The van der Waals surface area contributed by atoms with E-state index >= 15 is 0 Å². The lowest BCUT2D eigenvalue weighted by Crippen LogP contribution is -2.46. The van der Waals surface area contributed by atoms with Gasteiger partial charge in [0.2, 0.25) is 5.95 Å². The molecule has 10 heteroatoms. The van der Waals surface area contributed by atoms with Crippen molar-refractivity contribution < 1.29 is 22.7 Å². The summed E-state index contributed by atoms with van der Waals surface area (Å²) in [6.07, 6.45) is -0.967. The summed E-state index contributed by atoms with van der Waals surface area (Å²) >= 11 is 3.25. The molecule has 156 valence electrons. The standard InChI is InChI=1S/C19H20BrF3N4O2/c1-3-13-8-15(26-17-24-9-12(20)10-25-17)14-7-11(19(21,22)23)5-6-16(14)27(13)18(28)29-4-2/h5-7,9-10,13,15H,3-4,8H2,1-2H3,(H,24,25,26). The summed E-state index contributed by atoms with van der Waals surface area (Å²) in [7, 11) is 0. The van der Waals surface area contributed by atoms with Gasteiger partial charge in [0.15, 0.2) is 0 Å². The van der Waals surface area contributed by atoms with Crippen LogP contribution in [0.4, 0.5) is 29.6 Å². The van der Waals surface area contributed by atoms with Crippen LogP contribution in [-0.2, 0) is 10.9 Å². The SMILES string of the molecule is CCOC(=O)N1c2ccc(C(F)(F)F)cc2C(Nc2ncc(Br)cn2)CC1CC. The highest BCUT2D eigenvalue weighted by atomic mass is 79.9. The van der Waals surface area contributed by atoms with Crippen LogP contribution in [0.25, 0.3) is 0 Å². The number of hydrogen-bond donors (Lipinski definition) is 1. The van der Waals surface area contributed by atoms with Crippen molar-refractivity contribution in [3.8, 4) is 0 Å². The zero-order valence-electron chi connectivity index (χ0n) is 15.8. The molecule has 6 nitrogen and oxygen atoms in total. The van der Waals surface area contributed by atoms with E-state index in [4.69, 9.17) is 4.74 Å². The highest BCUT2D eigenvalue weighted by Crippen LogP contribution is 2.42. The predicted octanol–water partition coefficient (Wildman–Crippen LogP) is 5.56. The lowest BCUT2D eigenvalue weighted by molar-refractivity contribution is -0.137. The first-order valence-electron chi connectivity index (χ1n) is 9.15. The second kappa shape index (κ2) is 8.56. The van der Waals surface area contributed by atoms with Crippen LogP contribution >= 0.6 is 15.9 Å². The molecule has 1 N–H and O–H groups in total. The summed E-state index contributed by atoms with van der Waals surface area (Å²) in [5, 5.41) is 3.11. The molecule has 29 heavy (non-hydrogen) atoms. The molecule has 1 amide bonds. The van der Waals surface area contributed by atoms with Crippen LogP contribution in [0.5, 0.6) is 0 Å². The third-order valence-electron chi connectivity index (χ3n) is 4.72. The molecule has 2 aromatic rings. The van der Waals surface area contributed by atoms with Crippen molar-refractivity contribution in [2.75, 3.05) is 16.8 Å². The van der Waals surface area contributed by atoms with Gasteiger partial charge < -0.3 is 10.1 Å². The molecule has 2 atom stereocenters. The molecular formula is C19H20BrF3N4O2. The van der Waals surface area contributed by atoms with Crippen LogP contribution in [0, 0.1) is 0 Å². The number of nitrogens with one attached hydrogen (secondary N) is 1. The Kier molecular flexibility index (Phi) is 6.30. The van der Waals surface area contributed by atoms with Crippen molar-refractivity contribution in [1.82, 2.24) is 9.97 Å². The molecule has 1 aromatic heterocycles. The largest absolute Gasteiger partial charge is 0.449 e. The Hall–Kier alpha value is -2.36. The van der Waals surface area contributed by atoms with Gasteiger partial charge in [-0.15, -0.1) is 0 Å². The van der Waals surface area contributed by atoms with E-state index < -0.39 is 23.9 Å². The zero-order chi connectivity index (χ0) is 21.2. The molecule has 2 heterocycles. The lowest BCUT2D eigenvalue weighted by Gasteiger charge is -2.40. The van der Waals surface area contributed by atoms with E-state index in [0.717, 1.165) is 12.1 Å². The molecule has 1 aliphatic heterocycles. The molecule has 2 unspecified atom stereocenters. The molecule has 0 aliphatic carbocycles. The van der Waals surface area contributed by atoms with Gasteiger partial charge in [-0.05, 0) is 59.5 Å². The van der Waals surface area contributed by atoms with Crippen molar-refractivity contribution in [2.24, 2.45) is 0 Å². The van der Waals surface area contributed by atoms with Gasteiger partial charge >= 0.3 is 12.3 Å². The molecule has 0 spiro atoms. The highest BCUT2D eigenvalue weighted by molar-refractivity contribution is 9.10. The van der Waals surface area contributed by atoms with Crippen molar-refractivity contribution in [1.29, 1.82) is 0 Å². The fourth-order valence-electron chi connectivity index (χ4n) is 3.40. The van der Waals surface area contributed by atoms with Gasteiger partial charge in [0, 0.05) is 18.4 Å². The van der Waals surface area contributed by atoms with Crippen LogP contribution < -0.4 is 10.2 Å². The number of amides is 1. The number of carbonyl (C=O) groups is 1. The first kappa shape index (κ1) is 21.4. The average molecular weight is 473 g/mol. The number of benzene rings is 1. The molecule has 1 aliphatic rings. The average Bonchev–Trinajstić information content (AvgIpc) is 2.68. The Balaban J connectivity index is 2.06. The van der Waals surface area contributed by atoms with Gasteiger partial charge in [-0.2, -0.15) is 13.2 Å². The van der Waals surface area contributed by atoms with E-state index in [1.165, 1.54) is 11.0 Å². The maximum atomic E-state index is 13.3. The van der Waals surface area contributed by atoms with E-state index in [1.54, 1.807) is 19.3 Å². The lowest BCUT2D eigenvalue weighted by atomic mass is 9.89. The minimum atomic E-state index is -4.50. The smallest absolute Gasteiger partial charge is 0.416 e. The van der Waals surface area contributed by atoms with Gasteiger partial charge in [-0.1, -0.05) is 6.92 Å². The minimum absolute atomic E-state index is 0.177. The second-order valence-corrected chi connectivity index (χ2v) is 7.48. The van der Waals surface area contributed by atoms with E-state index in [9.17, 15) is 18.0 Å². The molecule has 0 saturated carbocycles. The van der Waals surface area contributed by atoms with Crippen molar-refractivity contribution in [3.05, 3.63) is 46.2 Å².